The summed E-state index contributed by atoms with van der Waals surface area (Å²) in [6.07, 6.45) is 2.22. The van der Waals surface area contributed by atoms with Crippen LogP contribution in [0.5, 0.6) is 0 Å². The van der Waals surface area contributed by atoms with Crippen LogP contribution in [-0.2, 0) is 5.88 Å². The quantitative estimate of drug-likeness (QED) is 0.717. The Morgan fingerprint density at radius 1 is 1.19 bits per heavy atom. The minimum atomic E-state index is 0.360. The van der Waals surface area contributed by atoms with E-state index in [2.05, 4.69) is 23.7 Å². The van der Waals surface area contributed by atoms with Crippen LogP contribution >= 0.6 is 23.2 Å². The Morgan fingerprint density at radius 2 is 1.81 bits per heavy atom. The van der Waals surface area contributed by atoms with Crippen molar-refractivity contribution in [2.24, 2.45) is 0 Å². The van der Waals surface area contributed by atoms with Gasteiger partial charge in [0, 0.05) is 13.1 Å². The lowest BCUT2D eigenvalue weighted by atomic mass is 10.3. The van der Waals surface area contributed by atoms with Gasteiger partial charge in [0.15, 0.2) is 0 Å². The van der Waals surface area contributed by atoms with Crippen molar-refractivity contribution in [2.45, 2.75) is 32.6 Å². The molecule has 0 atom stereocenters. The third-order valence-electron chi connectivity index (χ3n) is 2.34. The van der Waals surface area contributed by atoms with Crippen molar-refractivity contribution in [3.05, 3.63) is 22.8 Å². The highest BCUT2D eigenvalue weighted by molar-refractivity contribution is 6.32. The van der Waals surface area contributed by atoms with Gasteiger partial charge in [-0.1, -0.05) is 25.4 Å². The number of aromatic nitrogens is 1. The Morgan fingerprint density at radius 3 is 2.31 bits per heavy atom. The number of anilines is 1. The zero-order valence-electron chi connectivity index (χ0n) is 9.84. The van der Waals surface area contributed by atoms with Crippen LogP contribution in [0.1, 0.15) is 32.4 Å². The van der Waals surface area contributed by atoms with Crippen molar-refractivity contribution in [3.8, 4) is 0 Å². The van der Waals surface area contributed by atoms with E-state index >= 15 is 0 Å². The van der Waals surface area contributed by atoms with Crippen molar-refractivity contribution >= 4 is 29.0 Å². The Bertz CT molecular complexity index is 323. The second kappa shape index (κ2) is 6.97. The number of hydrogen-bond donors (Lipinski definition) is 0. The molecule has 0 aliphatic carbocycles. The van der Waals surface area contributed by atoms with Crippen molar-refractivity contribution in [1.82, 2.24) is 4.98 Å². The highest BCUT2D eigenvalue weighted by Crippen LogP contribution is 2.21. The molecule has 0 bridgehead atoms. The summed E-state index contributed by atoms with van der Waals surface area (Å²) in [5.41, 5.74) is 0.762. The van der Waals surface area contributed by atoms with Gasteiger partial charge < -0.3 is 4.90 Å². The molecule has 0 unspecified atom stereocenters. The van der Waals surface area contributed by atoms with Crippen LogP contribution in [0.2, 0.25) is 5.02 Å². The molecule has 0 saturated heterocycles. The number of pyridine rings is 1. The largest absolute Gasteiger partial charge is 0.357 e. The summed E-state index contributed by atoms with van der Waals surface area (Å²) in [5.74, 6) is 1.34. The van der Waals surface area contributed by atoms with E-state index in [4.69, 9.17) is 23.2 Å². The summed E-state index contributed by atoms with van der Waals surface area (Å²) in [4.78, 5) is 6.76. The highest BCUT2D eigenvalue weighted by Gasteiger charge is 2.08. The summed E-state index contributed by atoms with van der Waals surface area (Å²) >= 11 is 11.8. The van der Waals surface area contributed by atoms with Gasteiger partial charge >= 0.3 is 0 Å². The van der Waals surface area contributed by atoms with E-state index < -0.39 is 0 Å². The van der Waals surface area contributed by atoms with E-state index in [1.165, 1.54) is 0 Å². The van der Waals surface area contributed by atoms with Crippen LogP contribution in [-0.4, -0.2) is 18.1 Å². The molecule has 0 spiro atoms. The summed E-state index contributed by atoms with van der Waals surface area (Å²) in [6.45, 7) is 6.37. The third-order valence-corrected chi connectivity index (χ3v) is 2.94. The Labute approximate surface area is 108 Å². The molecule has 1 rings (SSSR count). The minimum Gasteiger partial charge on any atom is -0.357 e. The Kier molecular flexibility index (Phi) is 5.93. The molecule has 1 heterocycles. The predicted molar refractivity (Wildman–Crippen MR) is 71.6 cm³/mol. The molecule has 2 nitrogen and oxygen atoms in total. The molecule has 0 N–H and O–H groups in total. The van der Waals surface area contributed by atoms with Gasteiger partial charge in [-0.25, -0.2) is 4.98 Å². The maximum atomic E-state index is 5.99. The zero-order chi connectivity index (χ0) is 12.0. The van der Waals surface area contributed by atoms with Crippen LogP contribution in [0.25, 0.3) is 0 Å². The summed E-state index contributed by atoms with van der Waals surface area (Å²) in [5, 5.41) is 0.645. The van der Waals surface area contributed by atoms with Crippen LogP contribution in [0.4, 0.5) is 5.82 Å². The van der Waals surface area contributed by atoms with Gasteiger partial charge in [0.25, 0.3) is 0 Å². The van der Waals surface area contributed by atoms with E-state index in [-0.39, 0.29) is 0 Å². The molecule has 0 aromatic carbocycles. The van der Waals surface area contributed by atoms with Gasteiger partial charge in [-0.3, -0.25) is 0 Å². The first-order chi connectivity index (χ1) is 7.72. The van der Waals surface area contributed by atoms with Crippen LogP contribution in [0.3, 0.4) is 0 Å². The topological polar surface area (TPSA) is 16.1 Å². The molecule has 0 saturated carbocycles. The van der Waals surface area contributed by atoms with E-state index in [9.17, 15) is 0 Å². The van der Waals surface area contributed by atoms with Crippen molar-refractivity contribution in [3.63, 3.8) is 0 Å². The molecule has 0 fully saturated rings. The number of hydrogen-bond acceptors (Lipinski definition) is 2. The Hall–Kier alpha value is -0.470. The maximum absolute atomic E-state index is 5.99. The SMILES string of the molecule is CCCN(CCC)c1ccc(Cl)c(CCl)n1. The first-order valence-corrected chi connectivity index (χ1v) is 6.60. The van der Waals surface area contributed by atoms with Gasteiger partial charge in [0.2, 0.25) is 0 Å². The van der Waals surface area contributed by atoms with Crippen molar-refractivity contribution < 1.29 is 0 Å². The minimum absolute atomic E-state index is 0.360. The average Bonchev–Trinajstić information content (AvgIpc) is 2.29. The molecule has 0 aliphatic rings. The second-order valence-electron chi connectivity index (χ2n) is 3.72. The molecule has 90 valence electrons. The van der Waals surface area contributed by atoms with E-state index in [1.54, 1.807) is 0 Å². The molecule has 0 amide bonds. The molecule has 4 heteroatoms. The lowest BCUT2D eigenvalue weighted by Gasteiger charge is -2.23. The molecular weight excluding hydrogens is 243 g/mol. The zero-order valence-corrected chi connectivity index (χ0v) is 11.4. The number of rotatable bonds is 6. The summed E-state index contributed by atoms with van der Waals surface area (Å²) < 4.78 is 0. The molecule has 0 radical (unpaired) electrons. The van der Waals surface area contributed by atoms with Crippen LogP contribution in [0.15, 0.2) is 12.1 Å². The monoisotopic (exact) mass is 260 g/mol. The smallest absolute Gasteiger partial charge is 0.128 e. The van der Waals surface area contributed by atoms with E-state index in [0.717, 1.165) is 37.4 Å². The predicted octanol–water partition coefficient (Wildman–Crippen LogP) is 4.10. The van der Waals surface area contributed by atoms with Gasteiger partial charge in [0.05, 0.1) is 16.6 Å². The van der Waals surface area contributed by atoms with Gasteiger partial charge in [-0.05, 0) is 25.0 Å². The summed E-state index contributed by atoms with van der Waals surface area (Å²) in [7, 11) is 0. The maximum Gasteiger partial charge on any atom is 0.128 e. The average molecular weight is 261 g/mol. The van der Waals surface area contributed by atoms with E-state index in [0.29, 0.717) is 10.9 Å². The molecule has 1 aromatic heterocycles. The molecule has 1 aromatic rings. The number of nitrogens with zero attached hydrogens (tertiary/aromatic N) is 2. The first kappa shape index (κ1) is 13.6. The summed E-state index contributed by atoms with van der Waals surface area (Å²) in [6, 6.07) is 3.84. The fraction of sp³-hybridized carbons (Fsp3) is 0.583. The van der Waals surface area contributed by atoms with Gasteiger partial charge in [-0.15, -0.1) is 11.6 Å². The van der Waals surface area contributed by atoms with Crippen LogP contribution in [0, 0.1) is 0 Å². The second-order valence-corrected chi connectivity index (χ2v) is 4.39. The first-order valence-electron chi connectivity index (χ1n) is 5.69. The van der Waals surface area contributed by atoms with E-state index in [1.807, 2.05) is 12.1 Å². The number of halogens is 2. The number of alkyl halides is 1. The van der Waals surface area contributed by atoms with Crippen molar-refractivity contribution in [1.29, 1.82) is 0 Å². The van der Waals surface area contributed by atoms with Crippen molar-refractivity contribution in [2.75, 3.05) is 18.0 Å². The van der Waals surface area contributed by atoms with Gasteiger partial charge in [-0.2, -0.15) is 0 Å². The lowest BCUT2D eigenvalue weighted by Crippen LogP contribution is -2.26. The molecule has 16 heavy (non-hydrogen) atoms. The lowest BCUT2D eigenvalue weighted by molar-refractivity contribution is 0.732. The van der Waals surface area contributed by atoms with Crippen LogP contribution < -0.4 is 4.90 Å². The third kappa shape index (κ3) is 3.53. The molecule has 0 aliphatic heterocycles. The highest BCUT2D eigenvalue weighted by atomic mass is 35.5. The standard InChI is InChI=1S/C12H18Cl2N2/c1-3-7-16(8-4-2)12-6-5-10(14)11(9-13)15-12/h5-6H,3-4,7-9H2,1-2H3. The fourth-order valence-electron chi connectivity index (χ4n) is 1.62. The fourth-order valence-corrected chi connectivity index (χ4v) is 2.07. The van der Waals surface area contributed by atoms with Gasteiger partial charge in [0.1, 0.15) is 5.82 Å². The molecular formula is C12H18Cl2N2. The Balaban J connectivity index is 2.90. The normalized spacial score (nSPS) is 10.5.